The Bertz CT molecular complexity index is 1190. The van der Waals surface area contributed by atoms with Crippen LogP contribution in [0.15, 0.2) is 47.1 Å². The number of aryl methyl sites for hydroxylation is 4. The molecular formula is C24H25N3O3S. The van der Waals surface area contributed by atoms with Crippen LogP contribution in [0.3, 0.4) is 0 Å². The van der Waals surface area contributed by atoms with E-state index in [-0.39, 0.29) is 5.78 Å². The molecule has 0 radical (unpaired) electrons. The Morgan fingerprint density at radius 1 is 1.23 bits per heavy atom. The SMILES string of the molecule is Cc1nc(C(=O)c2oc3cccc(OC(N)CCCc4cccnc4)c3c2C)sc1C. The van der Waals surface area contributed by atoms with Crippen LogP contribution in [-0.4, -0.2) is 22.0 Å². The van der Waals surface area contributed by atoms with Crippen LogP contribution in [0.1, 0.15) is 50.1 Å². The number of aromatic nitrogens is 2. The molecule has 1 unspecified atom stereocenters. The molecule has 7 heteroatoms. The minimum Gasteiger partial charge on any atom is -0.475 e. The molecule has 0 fully saturated rings. The molecule has 6 nitrogen and oxygen atoms in total. The van der Waals surface area contributed by atoms with Crippen molar-refractivity contribution in [3.05, 3.63) is 75.2 Å². The number of hydrogen-bond donors (Lipinski definition) is 1. The number of ether oxygens (including phenoxy) is 1. The molecule has 31 heavy (non-hydrogen) atoms. The Kier molecular flexibility index (Phi) is 6.15. The number of carbonyl (C=O) groups is 1. The Labute approximate surface area is 185 Å². The molecule has 0 aliphatic rings. The Morgan fingerprint density at radius 2 is 2.06 bits per heavy atom. The third-order valence-electron chi connectivity index (χ3n) is 5.30. The van der Waals surface area contributed by atoms with E-state index < -0.39 is 6.23 Å². The molecule has 0 saturated heterocycles. The molecule has 0 amide bonds. The molecule has 0 bridgehead atoms. The summed E-state index contributed by atoms with van der Waals surface area (Å²) in [4.78, 5) is 22.5. The fraction of sp³-hybridized carbons (Fsp3) is 0.292. The number of carbonyl (C=O) groups excluding carboxylic acids is 1. The molecule has 0 aliphatic carbocycles. The highest BCUT2D eigenvalue weighted by Crippen LogP contribution is 2.35. The van der Waals surface area contributed by atoms with Crippen LogP contribution in [0.4, 0.5) is 0 Å². The minimum atomic E-state index is -0.458. The van der Waals surface area contributed by atoms with Gasteiger partial charge in [0.05, 0.1) is 11.1 Å². The van der Waals surface area contributed by atoms with Gasteiger partial charge in [0.15, 0.2) is 10.8 Å². The first-order chi connectivity index (χ1) is 14.9. The summed E-state index contributed by atoms with van der Waals surface area (Å²) in [5, 5.41) is 1.21. The Balaban J connectivity index is 1.51. The van der Waals surface area contributed by atoms with Crippen molar-refractivity contribution < 1.29 is 13.9 Å². The third kappa shape index (κ3) is 4.52. The average Bonchev–Trinajstić information content (AvgIpc) is 3.28. The van der Waals surface area contributed by atoms with E-state index in [1.54, 1.807) is 6.20 Å². The predicted octanol–water partition coefficient (Wildman–Crippen LogP) is 5.13. The van der Waals surface area contributed by atoms with Crippen molar-refractivity contribution in [1.82, 2.24) is 9.97 Å². The van der Waals surface area contributed by atoms with E-state index in [0.29, 0.717) is 28.5 Å². The van der Waals surface area contributed by atoms with Crippen molar-refractivity contribution >= 4 is 28.1 Å². The van der Waals surface area contributed by atoms with E-state index in [1.165, 1.54) is 16.9 Å². The first-order valence-electron chi connectivity index (χ1n) is 10.3. The summed E-state index contributed by atoms with van der Waals surface area (Å²) in [6, 6.07) is 9.52. The summed E-state index contributed by atoms with van der Waals surface area (Å²) in [6.07, 6.45) is 5.66. The fourth-order valence-electron chi connectivity index (χ4n) is 3.52. The number of rotatable bonds is 8. The van der Waals surface area contributed by atoms with Gasteiger partial charge >= 0.3 is 0 Å². The van der Waals surface area contributed by atoms with Crippen LogP contribution in [-0.2, 0) is 6.42 Å². The lowest BCUT2D eigenvalue weighted by Crippen LogP contribution is -2.27. The van der Waals surface area contributed by atoms with Crippen molar-refractivity contribution in [2.24, 2.45) is 5.73 Å². The molecule has 1 aromatic carbocycles. The lowest BCUT2D eigenvalue weighted by molar-refractivity contribution is 0.101. The lowest BCUT2D eigenvalue weighted by atomic mass is 10.1. The quantitative estimate of drug-likeness (QED) is 0.305. The average molecular weight is 436 g/mol. The normalized spacial score (nSPS) is 12.3. The summed E-state index contributed by atoms with van der Waals surface area (Å²) < 4.78 is 12.0. The summed E-state index contributed by atoms with van der Waals surface area (Å²) in [6.45, 7) is 5.72. The first kappa shape index (κ1) is 21.2. The Hall–Kier alpha value is -3.03. The molecule has 1 atom stereocenters. The molecular weight excluding hydrogens is 410 g/mol. The van der Waals surface area contributed by atoms with Gasteiger partial charge in [0.25, 0.3) is 5.78 Å². The summed E-state index contributed by atoms with van der Waals surface area (Å²) in [7, 11) is 0. The zero-order valence-electron chi connectivity index (χ0n) is 17.8. The molecule has 4 rings (SSSR count). The van der Waals surface area contributed by atoms with Gasteiger partial charge in [0.1, 0.15) is 17.6 Å². The van der Waals surface area contributed by atoms with E-state index in [1.807, 2.05) is 51.2 Å². The maximum absolute atomic E-state index is 13.0. The molecule has 160 valence electrons. The number of fused-ring (bicyclic) bond motifs is 1. The van der Waals surface area contributed by atoms with Gasteiger partial charge in [-0.3, -0.25) is 15.5 Å². The zero-order chi connectivity index (χ0) is 22.0. The van der Waals surface area contributed by atoms with Gasteiger partial charge in [-0.2, -0.15) is 0 Å². The number of thiazole rings is 1. The number of ketones is 1. The maximum Gasteiger partial charge on any atom is 0.256 e. The van der Waals surface area contributed by atoms with Crippen molar-refractivity contribution in [3.8, 4) is 5.75 Å². The number of pyridine rings is 1. The minimum absolute atomic E-state index is 0.207. The second kappa shape index (κ2) is 8.99. The van der Waals surface area contributed by atoms with Crippen LogP contribution in [0.2, 0.25) is 0 Å². The van der Waals surface area contributed by atoms with Crippen LogP contribution >= 0.6 is 11.3 Å². The highest BCUT2D eigenvalue weighted by atomic mass is 32.1. The van der Waals surface area contributed by atoms with Crippen molar-refractivity contribution in [3.63, 3.8) is 0 Å². The second-order valence-corrected chi connectivity index (χ2v) is 8.79. The Morgan fingerprint density at radius 3 is 2.77 bits per heavy atom. The largest absolute Gasteiger partial charge is 0.475 e. The van der Waals surface area contributed by atoms with E-state index in [2.05, 4.69) is 16.0 Å². The highest BCUT2D eigenvalue weighted by Gasteiger charge is 2.24. The molecule has 4 aromatic rings. The summed E-state index contributed by atoms with van der Waals surface area (Å²) >= 11 is 1.38. The van der Waals surface area contributed by atoms with Gasteiger partial charge in [-0.25, -0.2) is 4.98 Å². The van der Waals surface area contributed by atoms with Gasteiger partial charge in [-0.05, 0) is 63.8 Å². The molecule has 3 aromatic heterocycles. The molecule has 0 spiro atoms. The highest BCUT2D eigenvalue weighted by molar-refractivity contribution is 7.13. The second-order valence-electron chi connectivity index (χ2n) is 7.59. The van der Waals surface area contributed by atoms with Crippen molar-refractivity contribution in [2.45, 2.75) is 46.3 Å². The topological polar surface area (TPSA) is 91.2 Å². The summed E-state index contributed by atoms with van der Waals surface area (Å²) in [5.41, 5.74) is 9.63. The van der Waals surface area contributed by atoms with Gasteiger partial charge in [0.2, 0.25) is 0 Å². The molecule has 3 heterocycles. The number of benzene rings is 1. The lowest BCUT2D eigenvalue weighted by Gasteiger charge is -2.15. The molecule has 2 N–H and O–H groups in total. The van der Waals surface area contributed by atoms with Crippen LogP contribution in [0, 0.1) is 20.8 Å². The monoisotopic (exact) mass is 435 g/mol. The van der Waals surface area contributed by atoms with E-state index >= 15 is 0 Å². The van der Waals surface area contributed by atoms with Crippen LogP contribution < -0.4 is 10.5 Å². The van der Waals surface area contributed by atoms with Crippen molar-refractivity contribution in [2.75, 3.05) is 0 Å². The van der Waals surface area contributed by atoms with Crippen LogP contribution in [0.5, 0.6) is 5.75 Å². The summed E-state index contributed by atoms with van der Waals surface area (Å²) in [5.74, 6) is 0.713. The van der Waals surface area contributed by atoms with Gasteiger partial charge in [0, 0.05) is 22.8 Å². The first-order valence-corrected chi connectivity index (χ1v) is 11.1. The standard InChI is InChI=1S/C24H25N3O3S/c1-14-21-18(29-20(25)11-4-7-17-8-6-12-26-13-17)9-5-10-19(21)30-23(14)22(28)24-27-15(2)16(3)31-24/h5-6,8-10,12-13,20H,4,7,11,25H2,1-3H3. The predicted molar refractivity (Wildman–Crippen MR) is 122 cm³/mol. The fourth-order valence-corrected chi connectivity index (χ4v) is 4.37. The zero-order valence-corrected chi connectivity index (χ0v) is 18.7. The third-order valence-corrected chi connectivity index (χ3v) is 6.37. The molecule has 0 saturated carbocycles. The number of furan rings is 1. The van der Waals surface area contributed by atoms with E-state index in [0.717, 1.165) is 34.4 Å². The number of nitrogens with two attached hydrogens (primary N) is 1. The van der Waals surface area contributed by atoms with Gasteiger partial charge in [-0.15, -0.1) is 11.3 Å². The van der Waals surface area contributed by atoms with E-state index in [4.69, 9.17) is 14.9 Å². The van der Waals surface area contributed by atoms with Gasteiger partial charge in [-0.1, -0.05) is 12.1 Å². The number of nitrogens with zero attached hydrogens (tertiary/aromatic N) is 2. The van der Waals surface area contributed by atoms with Crippen LogP contribution in [0.25, 0.3) is 11.0 Å². The maximum atomic E-state index is 13.0. The smallest absolute Gasteiger partial charge is 0.256 e. The van der Waals surface area contributed by atoms with Crippen molar-refractivity contribution in [1.29, 1.82) is 0 Å². The van der Waals surface area contributed by atoms with Gasteiger partial charge < -0.3 is 9.15 Å². The number of hydrogen-bond acceptors (Lipinski definition) is 7. The molecule has 0 aliphatic heterocycles. The van der Waals surface area contributed by atoms with E-state index in [9.17, 15) is 4.79 Å².